The maximum atomic E-state index is 11.1. The Hall–Kier alpha value is -1.60. The molecular formula is C10H11N3O. The number of nitrogens with zero attached hydrogens (tertiary/aromatic N) is 1. The molecule has 4 nitrogen and oxygen atoms in total. The van der Waals surface area contributed by atoms with Crippen molar-refractivity contribution in [2.24, 2.45) is 5.92 Å². The Labute approximate surface area is 81.6 Å². The second-order valence-corrected chi connectivity index (χ2v) is 3.49. The van der Waals surface area contributed by atoms with Gasteiger partial charge in [0.2, 0.25) is 5.56 Å². The Morgan fingerprint density at radius 1 is 1.50 bits per heavy atom. The topological polar surface area (TPSA) is 68.7 Å². The zero-order chi connectivity index (χ0) is 9.97. The van der Waals surface area contributed by atoms with Crippen molar-refractivity contribution in [2.45, 2.75) is 5.92 Å². The van der Waals surface area contributed by atoms with Gasteiger partial charge in [-0.05, 0) is 11.6 Å². The van der Waals surface area contributed by atoms with Gasteiger partial charge in [0.25, 0.3) is 0 Å². The molecule has 4 heteroatoms. The highest BCUT2D eigenvalue weighted by Crippen LogP contribution is 2.26. The lowest BCUT2D eigenvalue weighted by molar-refractivity contribution is 0.645. The third-order valence-corrected chi connectivity index (χ3v) is 2.61. The summed E-state index contributed by atoms with van der Waals surface area (Å²) in [6.45, 7) is 1.50. The predicted molar refractivity (Wildman–Crippen MR) is 51.8 cm³/mol. The van der Waals surface area contributed by atoms with Crippen molar-refractivity contribution >= 4 is 0 Å². The molecule has 0 spiro atoms. The largest absolute Gasteiger partial charge is 0.329 e. The molecular weight excluding hydrogens is 178 g/mol. The monoisotopic (exact) mass is 189 g/mol. The minimum atomic E-state index is -0.105. The Balaban J connectivity index is 2.31. The molecule has 1 aromatic rings. The molecule has 2 rings (SSSR count). The molecule has 2 atom stereocenters. The highest BCUT2D eigenvalue weighted by Gasteiger charge is 2.28. The first-order chi connectivity index (χ1) is 6.81. The molecule has 72 valence electrons. The molecule has 0 bridgehead atoms. The zero-order valence-corrected chi connectivity index (χ0v) is 7.66. The molecule has 0 unspecified atom stereocenters. The van der Waals surface area contributed by atoms with Gasteiger partial charge in [-0.15, -0.1) is 0 Å². The molecule has 0 aliphatic carbocycles. The number of hydrogen-bond acceptors (Lipinski definition) is 3. The van der Waals surface area contributed by atoms with Gasteiger partial charge in [-0.3, -0.25) is 4.79 Å². The van der Waals surface area contributed by atoms with Crippen LogP contribution in [-0.2, 0) is 0 Å². The lowest BCUT2D eigenvalue weighted by Crippen LogP contribution is -2.12. The van der Waals surface area contributed by atoms with Crippen LogP contribution in [0.15, 0.2) is 23.1 Å². The minimum Gasteiger partial charge on any atom is -0.329 e. The van der Waals surface area contributed by atoms with Crippen LogP contribution in [0.5, 0.6) is 0 Å². The highest BCUT2D eigenvalue weighted by atomic mass is 16.1. The summed E-state index contributed by atoms with van der Waals surface area (Å²) in [6, 6.07) is 5.69. The summed E-state index contributed by atoms with van der Waals surface area (Å²) in [5, 5.41) is 12.0. The van der Waals surface area contributed by atoms with Crippen molar-refractivity contribution in [1.29, 1.82) is 5.26 Å². The van der Waals surface area contributed by atoms with Crippen molar-refractivity contribution in [3.8, 4) is 6.07 Å². The first-order valence-corrected chi connectivity index (χ1v) is 4.60. The molecule has 1 aromatic heterocycles. The van der Waals surface area contributed by atoms with E-state index < -0.39 is 0 Å². The molecule has 14 heavy (non-hydrogen) atoms. The van der Waals surface area contributed by atoms with E-state index in [0.717, 1.165) is 12.1 Å². The number of aromatic nitrogens is 1. The second-order valence-electron chi connectivity index (χ2n) is 3.49. The Morgan fingerprint density at radius 3 is 3.07 bits per heavy atom. The van der Waals surface area contributed by atoms with Crippen molar-refractivity contribution in [3.05, 3.63) is 34.2 Å². The number of rotatable bonds is 1. The predicted octanol–water partition coefficient (Wildman–Crippen LogP) is 0.201. The van der Waals surface area contributed by atoms with Crippen LogP contribution in [0.4, 0.5) is 0 Å². The van der Waals surface area contributed by atoms with E-state index in [2.05, 4.69) is 16.4 Å². The Bertz CT molecular complexity index is 418. The van der Waals surface area contributed by atoms with Crippen LogP contribution in [0.1, 0.15) is 11.5 Å². The van der Waals surface area contributed by atoms with E-state index >= 15 is 0 Å². The summed E-state index contributed by atoms with van der Waals surface area (Å²) < 4.78 is 0. The number of nitriles is 1. The van der Waals surface area contributed by atoms with Crippen LogP contribution < -0.4 is 10.9 Å². The molecule has 2 heterocycles. The molecule has 0 saturated carbocycles. The zero-order valence-electron chi connectivity index (χ0n) is 7.66. The number of aromatic amines is 1. The van der Waals surface area contributed by atoms with E-state index in [1.54, 1.807) is 12.3 Å². The molecule has 0 aromatic carbocycles. The van der Waals surface area contributed by atoms with Crippen LogP contribution in [0.2, 0.25) is 0 Å². The van der Waals surface area contributed by atoms with Gasteiger partial charge in [0.05, 0.1) is 12.0 Å². The first kappa shape index (κ1) is 8.97. The maximum Gasteiger partial charge on any atom is 0.248 e. The minimum absolute atomic E-state index is 0.0169. The van der Waals surface area contributed by atoms with E-state index in [9.17, 15) is 4.79 Å². The van der Waals surface area contributed by atoms with Gasteiger partial charge in [0.15, 0.2) is 0 Å². The molecule has 1 aliphatic rings. The normalized spacial score (nSPS) is 25.9. The lowest BCUT2D eigenvalue weighted by atomic mass is 9.91. The third kappa shape index (κ3) is 1.54. The fourth-order valence-electron chi connectivity index (χ4n) is 1.86. The van der Waals surface area contributed by atoms with Gasteiger partial charge in [-0.2, -0.15) is 5.26 Å². The van der Waals surface area contributed by atoms with Crippen molar-refractivity contribution in [2.75, 3.05) is 13.1 Å². The molecule has 0 radical (unpaired) electrons. The fraction of sp³-hybridized carbons (Fsp3) is 0.400. The fourth-order valence-corrected chi connectivity index (χ4v) is 1.86. The summed E-state index contributed by atoms with van der Waals surface area (Å²) in [5.74, 6) is 0.138. The van der Waals surface area contributed by atoms with Gasteiger partial charge in [0.1, 0.15) is 0 Å². The molecule has 1 aliphatic heterocycles. The van der Waals surface area contributed by atoms with Crippen molar-refractivity contribution in [3.63, 3.8) is 0 Å². The number of H-pyrrole nitrogens is 1. The average Bonchev–Trinajstić information content (AvgIpc) is 2.65. The SMILES string of the molecule is N#C[C@H]1CNC[C@@H]1c1cc[nH]c(=O)c1. The summed E-state index contributed by atoms with van der Waals surface area (Å²) in [6.07, 6.45) is 1.63. The summed E-state index contributed by atoms with van der Waals surface area (Å²) in [5.41, 5.74) is 0.844. The van der Waals surface area contributed by atoms with E-state index in [1.165, 1.54) is 0 Å². The van der Waals surface area contributed by atoms with Gasteiger partial charge in [-0.25, -0.2) is 0 Å². The molecule has 2 N–H and O–H groups in total. The van der Waals surface area contributed by atoms with E-state index in [4.69, 9.17) is 5.26 Å². The van der Waals surface area contributed by atoms with Crippen molar-refractivity contribution in [1.82, 2.24) is 10.3 Å². The molecule has 0 amide bonds. The maximum absolute atomic E-state index is 11.1. The van der Waals surface area contributed by atoms with E-state index in [1.807, 2.05) is 6.07 Å². The summed E-state index contributed by atoms with van der Waals surface area (Å²) in [7, 11) is 0. The quantitative estimate of drug-likeness (QED) is 0.663. The third-order valence-electron chi connectivity index (χ3n) is 2.61. The lowest BCUT2D eigenvalue weighted by Gasteiger charge is -2.11. The standard InChI is InChI=1S/C10H11N3O/c11-4-8-5-12-6-9(8)7-1-2-13-10(14)3-7/h1-3,8-9,12H,5-6H2,(H,13,14)/t8-,9+/m0/s1. The summed E-state index contributed by atoms with van der Waals surface area (Å²) in [4.78, 5) is 13.7. The molecule has 1 fully saturated rings. The second kappa shape index (κ2) is 3.64. The molecule has 1 saturated heterocycles. The van der Waals surface area contributed by atoms with Crippen LogP contribution in [0.25, 0.3) is 0 Å². The number of nitrogens with one attached hydrogen (secondary N) is 2. The van der Waals surface area contributed by atoms with Crippen LogP contribution in [-0.4, -0.2) is 18.1 Å². The van der Waals surface area contributed by atoms with Gasteiger partial charge < -0.3 is 10.3 Å². The van der Waals surface area contributed by atoms with Crippen LogP contribution in [0, 0.1) is 17.2 Å². The number of pyridine rings is 1. The van der Waals surface area contributed by atoms with Gasteiger partial charge in [-0.1, -0.05) is 0 Å². The Kier molecular flexibility index (Phi) is 2.33. The summed E-state index contributed by atoms with van der Waals surface area (Å²) >= 11 is 0. The van der Waals surface area contributed by atoms with Crippen LogP contribution in [0.3, 0.4) is 0 Å². The highest BCUT2D eigenvalue weighted by molar-refractivity contribution is 5.22. The number of hydrogen-bond donors (Lipinski definition) is 2. The first-order valence-electron chi connectivity index (χ1n) is 4.60. The van der Waals surface area contributed by atoms with Gasteiger partial charge in [0, 0.05) is 31.3 Å². The van der Waals surface area contributed by atoms with E-state index in [-0.39, 0.29) is 17.4 Å². The smallest absolute Gasteiger partial charge is 0.248 e. The van der Waals surface area contributed by atoms with Crippen LogP contribution >= 0.6 is 0 Å². The van der Waals surface area contributed by atoms with Gasteiger partial charge >= 0.3 is 0 Å². The van der Waals surface area contributed by atoms with Crippen molar-refractivity contribution < 1.29 is 0 Å². The average molecular weight is 189 g/mol. The Morgan fingerprint density at radius 2 is 2.36 bits per heavy atom. The van der Waals surface area contributed by atoms with E-state index in [0.29, 0.717) is 6.54 Å².